The van der Waals surface area contributed by atoms with E-state index in [2.05, 4.69) is 25.8 Å². The minimum absolute atomic E-state index is 0.176. The molecule has 1 aliphatic heterocycles. The van der Waals surface area contributed by atoms with E-state index in [1.54, 1.807) is 6.20 Å². The van der Waals surface area contributed by atoms with E-state index in [0.717, 1.165) is 35.2 Å². The molecule has 1 aromatic rings. The number of aliphatic hydroxyl groups excluding tert-OH is 1. The summed E-state index contributed by atoms with van der Waals surface area (Å²) in [5.74, 6) is 0.899. The molecule has 1 aliphatic rings. The number of aromatic nitrogens is 1. The summed E-state index contributed by atoms with van der Waals surface area (Å²) in [6, 6.07) is 0.176. The summed E-state index contributed by atoms with van der Waals surface area (Å²) in [4.78, 5) is 6.58. The van der Waals surface area contributed by atoms with Crippen LogP contribution in [0.4, 0.5) is 11.5 Å². The molecule has 1 unspecified atom stereocenters. The van der Waals surface area contributed by atoms with Gasteiger partial charge in [-0.15, -0.1) is 0 Å². The first kappa shape index (κ1) is 12.6. The highest BCUT2D eigenvalue weighted by atomic mass is 79.9. The molecule has 17 heavy (non-hydrogen) atoms. The van der Waals surface area contributed by atoms with Gasteiger partial charge >= 0.3 is 0 Å². The zero-order valence-corrected chi connectivity index (χ0v) is 11.6. The van der Waals surface area contributed by atoms with Gasteiger partial charge in [-0.1, -0.05) is 0 Å². The fourth-order valence-corrected chi connectivity index (χ4v) is 2.81. The molecule has 2 rings (SSSR count). The number of hydrogen-bond acceptors (Lipinski definition) is 4. The molecule has 94 valence electrons. The Hall–Kier alpha value is -0.810. The lowest BCUT2D eigenvalue weighted by molar-refractivity contribution is 0.239. The van der Waals surface area contributed by atoms with Gasteiger partial charge < -0.3 is 15.7 Å². The molecule has 1 aromatic heterocycles. The van der Waals surface area contributed by atoms with E-state index in [4.69, 9.17) is 5.73 Å². The average Bonchev–Trinajstić information content (AvgIpc) is 2.36. The molecule has 0 amide bonds. The SMILES string of the molecule is Cc1c(N)cnc(N2CCCCC2CO)c1Br. The second-order valence-corrected chi connectivity index (χ2v) is 5.29. The standard InChI is InChI=1S/C12H18BrN3O/c1-8-10(14)6-15-12(11(8)13)16-5-3-2-4-9(16)7-17/h6,9,17H,2-5,7,14H2,1H3. The molecule has 3 N–H and O–H groups in total. The summed E-state index contributed by atoms with van der Waals surface area (Å²) in [5.41, 5.74) is 7.53. The van der Waals surface area contributed by atoms with Crippen molar-refractivity contribution < 1.29 is 5.11 Å². The third-order valence-corrected chi connectivity index (χ3v) is 4.34. The summed E-state index contributed by atoms with van der Waals surface area (Å²) < 4.78 is 0.942. The Balaban J connectivity index is 2.35. The van der Waals surface area contributed by atoms with Gasteiger partial charge in [-0.25, -0.2) is 4.98 Å². The lowest BCUT2D eigenvalue weighted by Gasteiger charge is -2.36. The summed E-state index contributed by atoms with van der Waals surface area (Å²) in [5, 5.41) is 9.43. The zero-order valence-electron chi connectivity index (χ0n) is 9.99. The molecular weight excluding hydrogens is 282 g/mol. The van der Waals surface area contributed by atoms with Crippen LogP contribution in [0.25, 0.3) is 0 Å². The third-order valence-electron chi connectivity index (χ3n) is 3.39. The minimum atomic E-state index is 0.176. The Morgan fingerprint density at radius 3 is 3.06 bits per heavy atom. The highest BCUT2D eigenvalue weighted by molar-refractivity contribution is 9.10. The number of hydrogen-bond donors (Lipinski definition) is 2. The van der Waals surface area contributed by atoms with E-state index < -0.39 is 0 Å². The molecule has 5 heteroatoms. The Morgan fingerprint density at radius 2 is 2.35 bits per heavy atom. The summed E-state index contributed by atoms with van der Waals surface area (Å²) in [6.45, 7) is 3.10. The van der Waals surface area contributed by atoms with Crippen molar-refractivity contribution in [3.63, 3.8) is 0 Å². The van der Waals surface area contributed by atoms with Crippen LogP contribution >= 0.6 is 15.9 Å². The van der Waals surface area contributed by atoms with Gasteiger partial charge in [-0.2, -0.15) is 0 Å². The normalized spacial score (nSPS) is 20.6. The van der Waals surface area contributed by atoms with Crippen LogP contribution in [0, 0.1) is 6.92 Å². The molecule has 1 fully saturated rings. The number of anilines is 2. The van der Waals surface area contributed by atoms with Crippen LogP contribution in [0.2, 0.25) is 0 Å². The van der Waals surface area contributed by atoms with E-state index in [0.29, 0.717) is 5.69 Å². The molecule has 4 nitrogen and oxygen atoms in total. The van der Waals surface area contributed by atoms with E-state index in [-0.39, 0.29) is 12.6 Å². The number of nitrogen functional groups attached to an aromatic ring is 1. The van der Waals surface area contributed by atoms with Crippen molar-refractivity contribution in [3.05, 3.63) is 16.2 Å². The maximum absolute atomic E-state index is 9.43. The van der Waals surface area contributed by atoms with Gasteiger partial charge in [0.15, 0.2) is 0 Å². The van der Waals surface area contributed by atoms with Crippen LogP contribution in [0.15, 0.2) is 10.7 Å². The van der Waals surface area contributed by atoms with Crippen molar-refractivity contribution in [1.82, 2.24) is 4.98 Å². The van der Waals surface area contributed by atoms with Gasteiger partial charge in [0.05, 0.1) is 29.0 Å². The van der Waals surface area contributed by atoms with Crippen molar-refractivity contribution >= 4 is 27.4 Å². The first-order valence-electron chi connectivity index (χ1n) is 5.93. The van der Waals surface area contributed by atoms with Crippen LogP contribution in [-0.2, 0) is 0 Å². The Labute approximate surface area is 110 Å². The van der Waals surface area contributed by atoms with Crippen molar-refractivity contribution in [3.8, 4) is 0 Å². The first-order chi connectivity index (χ1) is 8.15. The quantitative estimate of drug-likeness (QED) is 0.878. The van der Waals surface area contributed by atoms with E-state index in [1.165, 1.54) is 6.42 Å². The number of piperidine rings is 1. The molecule has 0 aliphatic carbocycles. The molecule has 0 saturated carbocycles. The van der Waals surface area contributed by atoms with Gasteiger partial charge in [-0.3, -0.25) is 0 Å². The maximum atomic E-state index is 9.43. The molecule has 0 spiro atoms. The van der Waals surface area contributed by atoms with E-state index in [9.17, 15) is 5.11 Å². The molecule has 2 heterocycles. The number of halogens is 1. The molecule has 1 atom stereocenters. The van der Waals surface area contributed by atoms with Crippen LogP contribution in [-0.4, -0.2) is 29.3 Å². The van der Waals surface area contributed by atoms with Gasteiger partial charge in [0, 0.05) is 6.54 Å². The first-order valence-corrected chi connectivity index (χ1v) is 6.72. The zero-order chi connectivity index (χ0) is 12.4. The Morgan fingerprint density at radius 1 is 1.59 bits per heavy atom. The summed E-state index contributed by atoms with van der Waals surface area (Å²) in [6.07, 6.45) is 5.04. The number of aliphatic hydroxyl groups is 1. The van der Waals surface area contributed by atoms with Crippen molar-refractivity contribution in [1.29, 1.82) is 0 Å². The highest BCUT2D eigenvalue weighted by Crippen LogP contribution is 2.33. The summed E-state index contributed by atoms with van der Waals surface area (Å²) >= 11 is 3.56. The third kappa shape index (κ3) is 2.40. The van der Waals surface area contributed by atoms with E-state index in [1.807, 2.05) is 6.92 Å². The molecule has 0 radical (unpaired) electrons. The minimum Gasteiger partial charge on any atom is -0.397 e. The van der Waals surface area contributed by atoms with Crippen LogP contribution < -0.4 is 10.6 Å². The number of rotatable bonds is 2. The predicted octanol–water partition coefficient (Wildman–Crippen LogP) is 2.09. The topological polar surface area (TPSA) is 62.4 Å². The second-order valence-electron chi connectivity index (χ2n) is 4.50. The fourth-order valence-electron chi connectivity index (χ4n) is 2.25. The maximum Gasteiger partial charge on any atom is 0.143 e. The van der Waals surface area contributed by atoms with Crippen LogP contribution in [0.3, 0.4) is 0 Å². The highest BCUT2D eigenvalue weighted by Gasteiger charge is 2.25. The van der Waals surface area contributed by atoms with E-state index >= 15 is 0 Å². The van der Waals surface area contributed by atoms with Crippen LogP contribution in [0.1, 0.15) is 24.8 Å². The van der Waals surface area contributed by atoms with Gasteiger partial charge in [0.25, 0.3) is 0 Å². The van der Waals surface area contributed by atoms with Crippen molar-refractivity contribution in [2.24, 2.45) is 0 Å². The Kier molecular flexibility index (Phi) is 3.89. The smallest absolute Gasteiger partial charge is 0.143 e. The van der Waals surface area contributed by atoms with Gasteiger partial charge in [0.2, 0.25) is 0 Å². The second kappa shape index (κ2) is 5.23. The summed E-state index contributed by atoms with van der Waals surface area (Å²) in [7, 11) is 0. The lowest BCUT2D eigenvalue weighted by Crippen LogP contribution is -2.42. The number of nitrogens with zero attached hydrogens (tertiary/aromatic N) is 2. The molecular formula is C12H18BrN3O. The van der Waals surface area contributed by atoms with Gasteiger partial charge in [-0.05, 0) is 47.7 Å². The van der Waals surface area contributed by atoms with Crippen molar-refractivity contribution in [2.75, 3.05) is 23.8 Å². The molecule has 0 bridgehead atoms. The van der Waals surface area contributed by atoms with Crippen LogP contribution in [0.5, 0.6) is 0 Å². The molecule has 1 saturated heterocycles. The number of pyridine rings is 1. The van der Waals surface area contributed by atoms with Crippen molar-refractivity contribution in [2.45, 2.75) is 32.2 Å². The Bertz CT molecular complexity index is 411. The molecule has 0 aromatic carbocycles. The average molecular weight is 300 g/mol. The van der Waals surface area contributed by atoms with Gasteiger partial charge in [0.1, 0.15) is 5.82 Å². The fraction of sp³-hybridized carbons (Fsp3) is 0.583. The predicted molar refractivity (Wildman–Crippen MR) is 73.2 cm³/mol. The lowest BCUT2D eigenvalue weighted by atomic mass is 10.0. The number of nitrogens with two attached hydrogens (primary N) is 1. The monoisotopic (exact) mass is 299 g/mol. The largest absolute Gasteiger partial charge is 0.397 e.